The fraction of sp³-hybridized carbons (Fsp3) is 0. The summed E-state index contributed by atoms with van der Waals surface area (Å²) >= 11 is 0. The summed E-state index contributed by atoms with van der Waals surface area (Å²) in [6.45, 7) is 0. The van der Waals surface area contributed by atoms with Gasteiger partial charge in [0, 0.05) is 22.9 Å². The molecule has 0 saturated carbocycles. The van der Waals surface area contributed by atoms with E-state index < -0.39 is 0 Å². The minimum absolute atomic E-state index is 0.0458. The molecule has 1 aliphatic rings. The Hall–Kier alpha value is -4.38. The molecule has 4 aromatic carbocycles. The summed E-state index contributed by atoms with van der Waals surface area (Å²) in [7, 11) is 0. The molecule has 0 radical (unpaired) electrons. The van der Waals surface area contributed by atoms with Crippen molar-refractivity contribution in [1.29, 1.82) is 0 Å². The van der Waals surface area contributed by atoms with Crippen LogP contribution in [0.15, 0.2) is 96.0 Å². The van der Waals surface area contributed by atoms with E-state index in [1.54, 1.807) is 18.2 Å². The molecule has 0 atom stereocenters. The maximum absolute atomic E-state index is 13.2. The van der Waals surface area contributed by atoms with E-state index in [0.717, 1.165) is 5.69 Å². The highest BCUT2D eigenvalue weighted by Gasteiger charge is 2.34. The first kappa shape index (κ1) is 18.6. The molecule has 0 aliphatic heterocycles. The first-order valence-electron chi connectivity index (χ1n) is 9.82. The molecule has 5 rings (SSSR count). The van der Waals surface area contributed by atoms with Crippen LogP contribution in [-0.2, 0) is 0 Å². The van der Waals surface area contributed by atoms with Gasteiger partial charge in [0.25, 0.3) is 0 Å². The number of hydrogen-bond donors (Lipinski definition) is 3. The molecule has 0 spiro atoms. The first-order valence-corrected chi connectivity index (χ1v) is 9.82. The quantitative estimate of drug-likeness (QED) is 0.271. The number of para-hydroxylation sites is 2. The van der Waals surface area contributed by atoms with Gasteiger partial charge in [-0.05, 0) is 24.3 Å². The number of aromatic hydroxyl groups is 2. The molecule has 0 aromatic heterocycles. The van der Waals surface area contributed by atoms with E-state index in [4.69, 9.17) is 4.99 Å². The lowest BCUT2D eigenvalue weighted by atomic mass is 9.82. The van der Waals surface area contributed by atoms with Crippen LogP contribution in [0.1, 0.15) is 27.0 Å². The van der Waals surface area contributed by atoms with Crippen LogP contribution in [0.25, 0.3) is 0 Å². The summed E-state index contributed by atoms with van der Waals surface area (Å²) in [6, 6.07) is 27.1. The lowest BCUT2D eigenvalue weighted by Gasteiger charge is -2.24. The van der Waals surface area contributed by atoms with Crippen molar-refractivity contribution in [2.75, 3.05) is 5.32 Å². The molecule has 5 nitrogen and oxygen atoms in total. The molecule has 3 N–H and O–H groups in total. The topological polar surface area (TPSA) is 81.9 Å². The molecule has 1 aliphatic carbocycles. The summed E-state index contributed by atoms with van der Waals surface area (Å²) in [4.78, 5) is 18.0. The Labute approximate surface area is 179 Å². The van der Waals surface area contributed by atoms with E-state index in [1.165, 1.54) is 6.07 Å². The standard InChI is InChI=1S/C26H18N2O3/c29-21-15-20(27-16-9-3-1-4-10-16)26(31)23-22(21)25(30)19-14-8-7-13-18(19)24(23)28-17-11-5-2-6-12-17/h1-15,27,29,31H. The molecule has 31 heavy (non-hydrogen) atoms. The maximum Gasteiger partial charge on any atom is 0.198 e. The number of nitrogens with zero attached hydrogens (tertiary/aromatic N) is 1. The predicted molar refractivity (Wildman–Crippen MR) is 121 cm³/mol. The van der Waals surface area contributed by atoms with Crippen LogP contribution in [0.5, 0.6) is 11.5 Å². The van der Waals surface area contributed by atoms with Gasteiger partial charge in [0.15, 0.2) is 5.78 Å². The van der Waals surface area contributed by atoms with Crippen molar-refractivity contribution < 1.29 is 15.0 Å². The van der Waals surface area contributed by atoms with Crippen molar-refractivity contribution in [2.45, 2.75) is 0 Å². The fourth-order valence-electron chi connectivity index (χ4n) is 3.80. The van der Waals surface area contributed by atoms with Crippen molar-refractivity contribution >= 4 is 28.6 Å². The Morgan fingerprint density at radius 2 is 1.32 bits per heavy atom. The predicted octanol–water partition coefficient (Wildman–Crippen LogP) is 5.55. The van der Waals surface area contributed by atoms with E-state index in [2.05, 4.69) is 5.32 Å². The number of phenolic OH excluding ortho intramolecular Hbond substituents is 2. The van der Waals surface area contributed by atoms with Gasteiger partial charge in [0.1, 0.15) is 11.5 Å². The van der Waals surface area contributed by atoms with E-state index in [-0.39, 0.29) is 34.1 Å². The molecule has 0 heterocycles. The van der Waals surface area contributed by atoms with Gasteiger partial charge in [-0.1, -0.05) is 60.7 Å². The molecule has 150 valence electrons. The number of nitrogens with one attached hydrogen (secondary N) is 1. The molecule has 0 amide bonds. The molecule has 0 fully saturated rings. The van der Waals surface area contributed by atoms with Gasteiger partial charge in [-0.3, -0.25) is 4.79 Å². The second-order valence-corrected chi connectivity index (χ2v) is 7.20. The number of benzene rings is 4. The summed E-state index contributed by atoms with van der Waals surface area (Å²) in [6.07, 6.45) is 0. The SMILES string of the molecule is O=C1c2ccccc2C(=Nc2ccccc2)c2c(O)c(Nc3ccccc3)cc(O)c21. The normalized spacial score (nSPS) is 13.5. The summed E-state index contributed by atoms with van der Waals surface area (Å²) in [5.41, 5.74) is 3.43. The van der Waals surface area contributed by atoms with Crippen molar-refractivity contribution in [2.24, 2.45) is 4.99 Å². The molecule has 0 unspecified atom stereocenters. The summed E-state index contributed by atoms with van der Waals surface area (Å²) in [5, 5.41) is 25.1. The van der Waals surface area contributed by atoms with Gasteiger partial charge < -0.3 is 15.5 Å². The lowest BCUT2D eigenvalue weighted by molar-refractivity contribution is 0.103. The van der Waals surface area contributed by atoms with Crippen LogP contribution in [-0.4, -0.2) is 21.7 Å². The van der Waals surface area contributed by atoms with Crippen LogP contribution in [0.3, 0.4) is 0 Å². The Kier molecular flexibility index (Phi) is 4.49. The Balaban J connectivity index is 1.77. The number of rotatable bonds is 3. The second-order valence-electron chi connectivity index (χ2n) is 7.20. The van der Waals surface area contributed by atoms with Gasteiger partial charge in [-0.15, -0.1) is 0 Å². The van der Waals surface area contributed by atoms with Gasteiger partial charge in [-0.25, -0.2) is 4.99 Å². The lowest BCUT2D eigenvalue weighted by Crippen LogP contribution is -2.22. The molecule has 0 bridgehead atoms. The van der Waals surface area contributed by atoms with Crippen LogP contribution in [0, 0.1) is 0 Å². The van der Waals surface area contributed by atoms with Crippen molar-refractivity contribution in [1.82, 2.24) is 0 Å². The van der Waals surface area contributed by atoms with Crippen molar-refractivity contribution in [3.63, 3.8) is 0 Å². The van der Waals surface area contributed by atoms with Gasteiger partial charge >= 0.3 is 0 Å². The molecule has 5 heteroatoms. The molecule has 4 aromatic rings. The van der Waals surface area contributed by atoms with E-state index in [1.807, 2.05) is 66.7 Å². The van der Waals surface area contributed by atoms with Gasteiger partial charge in [0.05, 0.1) is 28.2 Å². The maximum atomic E-state index is 13.2. The minimum atomic E-state index is -0.350. The number of ketones is 1. The van der Waals surface area contributed by atoms with E-state index in [9.17, 15) is 15.0 Å². The second kappa shape index (κ2) is 7.46. The molecular formula is C26H18N2O3. The Morgan fingerprint density at radius 1 is 0.710 bits per heavy atom. The van der Waals surface area contributed by atoms with E-state index >= 15 is 0 Å². The number of carbonyl (C=O) groups is 1. The Bertz CT molecular complexity index is 1330. The zero-order valence-corrected chi connectivity index (χ0v) is 16.4. The average Bonchev–Trinajstić information content (AvgIpc) is 2.80. The van der Waals surface area contributed by atoms with Crippen LogP contribution >= 0.6 is 0 Å². The number of aliphatic imine (C=N–C) groups is 1. The van der Waals surface area contributed by atoms with Crippen molar-refractivity contribution in [3.05, 3.63) is 113 Å². The molecular weight excluding hydrogens is 388 g/mol. The molecule has 0 saturated heterocycles. The number of hydrogen-bond acceptors (Lipinski definition) is 5. The zero-order chi connectivity index (χ0) is 21.4. The third-order valence-corrected chi connectivity index (χ3v) is 5.22. The van der Waals surface area contributed by atoms with Gasteiger partial charge in [-0.2, -0.15) is 0 Å². The monoisotopic (exact) mass is 406 g/mol. The zero-order valence-electron chi connectivity index (χ0n) is 16.4. The highest BCUT2D eigenvalue weighted by molar-refractivity contribution is 6.32. The number of fused-ring (bicyclic) bond motifs is 2. The summed E-state index contributed by atoms with van der Waals surface area (Å²) < 4.78 is 0. The highest BCUT2D eigenvalue weighted by atomic mass is 16.3. The minimum Gasteiger partial charge on any atom is -0.507 e. The fourth-order valence-corrected chi connectivity index (χ4v) is 3.80. The van der Waals surface area contributed by atoms with E-state index in [0.29, 0.717) is 22.5 Å². The number of phenols is 2. The number of anilines is 2. The average molecular weight is 406 g/mol. The largest absolute Gasteiger partial charge is 0.507 e. The van der Waals surface area contributed by atoms with Crippen LogP contribution in [0.4, 0.5) is 17.1 Å². The third-order valence-electron chi connectivity index (χ3n) is 5.22. The summed E-state index contributed by atoms with van der Waals surface area (Å²) in [5.74, 6) is -0.711. The van der Waals surface area contributed by atoms with Gasteiger partial charge in [0.2, 0.25) is 0 Å². The van der Waals surface area contributed by atoms with Crippen molar-refractivity contribution in [3.8, 4) is 11.5 Å². The smallest absolute Gasteiger partial charge is 0.198 e. The Morgan fingerprint density at radius 3 is 2.03 bits per heavy atom. The highest BCUT2D eigenvalue weighted by Crippen LogP contribution is 2.44. The third kappa shape index (κ3) is 3.22. The number of carbonyl (C=O) groups excluding carboxylic acids is 1. The first-order chi connectivity index (χ1) is 15.1. The van der Waals surface area contributed by atoms with Crippen LogP contribution in [0.2, 0.25) is 0 Å². The van der Waals surface area contributed by atoms with Crippen LogP contribution < -0.4 is 5.32 Å².